The Labute approximate surface area is 42.2 Å². The van der Waals surface area contributed by atoms with Gasteiger partial charge in [-0.25, -0.2) is 0 Å². The van der Waals surface area contributed by atoms with Crippen molar-refractivity contribution >= 4 is 23.7 Å². The first-order valence-electron chi connectivity index (χ1n) is 1.55. The zero-order valence-corrected chi connectivity index (χ0v) is 6.20. The third-order valence-corrected chi connectivity index (χ3v) is 1.82. The molecule has 0 bridgehead atoms. The van der Waals surface area contributed by atoms with Crippen LogP contribution in [0.4, 0.5) is 0 Å². The minimum absolute atomic E-state index is 0.274. The standard InChI is InChI=1S/C2H7BrOSi/c1-2-4-5-3/h2,5H2,1H3. The molecule has 0 heterocycles. The monoisotopic (exact) mass is 154 g/mol. The van der Waals surface area contributed by atoms with Crippen LogP contribution in [0.3, 0.4) is 0 Å². The van der Waals surface area contributed by atoms with E-state index in [9.17, 15) is 0 Å². The SMILES string of the molecule is CCO[SiH2]Br. The molecule has 0 rings (SSSR count). The maximum Gasteiger partial charge on any atom is 0.232 e. The van der Waals surface area contributed by atoms with E-state index >= 15 is 0 Å². The quantitative estimate of drug-likeness (QED) is 0.414. The molecule has 0 spiro atoms. The number of halogens is 1. The zero-order chi connectivity index (χ0) is 4.12. The molecule has 0 aliphatic rings. The summed E-state index contributed by atoms with van der Waals surface area (Å²) in [6.07, 6.45) is 0. The van der Waals surface area contributed by atoms with E-state index < -0.39 is 0 Å². The average Bonchev–Trinajstić information content (AvgIpc) is 1.41. The molecule has 0 aromatic heterocycles. The largest absolute Gasteiger partial charge is 0.412 e. The fourth-order valence-electron chi connectivity index (χ4n) is 0.0772. The van der Waals surface area contributed by atoms with Crippen LogP contribution in [0.2, 0.25) is 0 Å². The molecule has 0 aromatic rings. The summed E-state index contributed by atoms with van der Waals surface area (Å²) >= 11 is 3.23. The summed E-state index contributed by atoms with van der Waals surface area (Å²) in [5, 5.41) is 0. The van der Waals surface area contributed by atoms with Gasteiger partial charge >= 0.3 is 0 Å². The Kier molecular flexibility index (Phi) is 5.27. The van der Waals surface area contributed by atoms with Gasteiger partial charge in [0.05, 0.1) is 0 Å². The lowest BCUT2D eigenvalue weighted by atomic mass is 10.9. The van der Waals surface area contributed by atoms with Gasteiger partial charge in [0.1, 0.15) is 0 Å². The van der Waals surface area contributed by atoms with Gasteiger partial charge in [-0.15, -0.1) is 0 Å². The lowest BCUT2D eigenvalue weighted by Gasteiger charge is -1.84. The van der Waals surface area contributed by atoms with Gasteiger partial charge in [-0.1, -0.05) is 15.3 Å². The fraction of sp³-hybridized carbons (Fsp3) is 1.00. The molecule has 0 amide bonds. The molecule has 0 N–H and O–H groups in total. The van der Waals surface area contributed by atoms with Crippen molar-refractivity contribution in [1.82, 2.24) is 0 Å². The van der Waals surface area contributed by atoms with Gasteiger partial charge in [-0.3, -0.25) is 0 Å². The van der Waals surface area contributed by atoms with Crippen molar-refractivity contribution in [3.63, 3.8) is 0 Å². The van der Waals surface area contributed by atoms with Crippen molar-refractivity contribution in [2.24, 2.45) is 0 Å². The zero-order valence-electron chi connectivity index (χ0n) is 3.20. The Morgan fingerprint density at radius 3 is 2.60 bits per heavy atom. The summed E-state index contributed by atoms with van der Waals surface area (Å²) in [6.45, 7) is 2.85. The molecule has 0 radical (unpaired) electrons. The minimum Gasteiger partial charge on any atom is -0.412 e. The van der Waals surface area contributed by atoms with Gasteiger partial charge in [0.15, 0.2) is 0 Å². The van der Waals surface area contributed by atoms with E-state index in [0.717, 1.165) is 6.61 Å². The molecule has 5 heavy (non-hydrogen) atoms. The van der Waals surface area contributed by atoms with Crippen molar-refractivity contribution in [2.75, 3.05) is 6.61 Å². The molecule has 0 aromatic carbocycles. The van der Waals surface area contributed by atoms with Gasteiger partial charge in [-0.05, 0) is 6.92 Å². The lowest BCUT2D eigenvalue weighted by Crippen LogP contribution is -1.85. The van der Waals surface area contributed by atoms with Crippen LogP contribution in [0.25, 0.3) is 0 Å². The summed E-state index contributed by atoms with van der Waals surface area (Å²) in [7, 11) is -0.274. The van der Waals surface area contributed by atoms with Crippen LogP contribution < -0.4 is 0 Å². The van der Waals surface area contributed by atoms with Gasteiger partial charge in [-0.2, -0.15) is 0 Å². The van der Waals surface area contributed by atoms with Crippen LogP contribution in [0.1, 0.15) is 6.92 Å². The highest BCUT2D eigenvalue weighted by molar-refractivity contribution is 9.23. The smallest absolute Gasteiger partial charge is 0.232 e. The van der Waals surface area contributed by atoms with Gasteiger partial charge in [0.25, 0.3) is 0 Å². The minimum atomic E-state index is -0.274. The van der Waals surface area contributed by atoms with Crippen LogP contribution in [0.15, 0.2) is 0 Å². The van der Waals surface area contributed by atoms with Gasteiger partial charge < -0.3 is 4.43 Å². The maximum absolute atomic E-state index is 4.89. The van der Waals surface area contributed by atoms with E-state index in [4.69, 9.17) is 4.43 Å². The predicted molar refractivity (Wildman–Crippen MR) is 29.1 cm³/mol. The van der Waals surface area contributed by atoms with Crippen LogP contribution >= 0.6 is 15.3 Å². The third kappa shape index (κ3) is 4.66. The Bertz CT molecular complexity index is 17.1. The summed E-state index contributed by atoms with van der Waals surface area (Å²) < 4.78 is 4.89. The molecule has 1 nitrogen and oxygen atoms in total. The number of hydrogen-bond donors (Lipinski definition) is 0. The van der Waals surface area contributed by atoms with Crippen molar-refractivity contribution in [3.05, 3.63) is 0 Å². The lowest BCUT2D eigenvalue weighted by molar-refractivity contribution is 0.372. The van der Waals surface area contributed by atoms with Crippen LogP contribution in [-0.4, -0.2) is 15.0 Å². The average molecular weight is 155 g/mol. The topological polar surface area (TPSA) is 9.23 Å². The Morgan fingerprint density at radius 2 is 2.60 bits per heavy atom. The summed E-state index contributed by atoms with van der Waals surface area (Å²) in [5.74, 6) is 0. The second-order valence-electron chi connectivity index (χ2n) is 0.602. The van der Waals surface area contributed by atoms with Crippen molar-refractivity contribution in [2.45, 2.75) is 6.92 Å². The molecule has 0 aliphatic heterocycles. The van der Waals surface area contributed by atoms with Gasteiger partial charge in [0.2, 0.25) is 8.38 Å². The van der Waals surface area contributed by atoms with E-state index in [1.807, 2.05) is 6.92 Å². The highest BCUT2D eigenvalue weighted by Crippen LogP contribution is 1.73. The van der Waals surface area contributed by atoms with Crippen LogP contribution in [0.5, 0.6) is 0 Å². The summed E-state index contributed by atoms with van der Waals surface area (Å²) in [6, 6.07) is 0. The predicted octanol–water partition coefficient (Wildman–Crippen LogP) is 0.417. The van der Waals surface area contributed by atoms with E-state index in [1.165, 1.54) is 0 Å². The van der Waals surface area contributed by atoms with Gasteiger partial charge in [0, 0.05) is 6.61 Å². The molecule has 0 aliphatic carbocycles. The fourth-order valence-corrected chi connectivity index (χ4v) is 1.20. The molecule has 32 valence electrons. The first-order valence-corrected chi connectivity index (χ1v) is 6.03. The number of hydrogen-bond acceptors (Lipinski definition) is 1. The molecule has 0 saturated carbocycles. The summed E-state index contributed by atoms with van der Waals surface area (Å²) in [5.41, 5.74) is 0. The number of rotatable bonds is 2. The normalized spacial score (nSPS) is 10.8. The second kappa shape index (κ2) is 4.66. The van der Waals surface area contributed by atoms with Crippen molar-refractivity contribution in [3.8, 4) is 0 Å². The Balaban J connectivity index is 2.19. The molecule has 0 atom stereocenters. The van der Waals surface area contributed by atoms with Crippen molar-refractivity contribution in [1.29, 1.82) is 0 Å². The van der Waals surface area contributed by atoms with Crippen LogP contribution in [0, 0.1) is 0 Å². The van der Waals surface area contributed by atoms with E-state index in [0.29, 0.717) is 0 Å². The van der Waals surface area contributed by atoms with Crippen LogP contribution in [-0.2, 0) is 4.43 Å². The summed E-state index contributed by atoms with van der Waals surface area (Å²) in [4.78, 5) is 0. The molecular formula is C2H7BrOSi. The Hall–Kier alpha value is 0.657. The molecule has 0 fully saturated rings. The first-order chi connectivity index (χ1) is 2.41. The highest BCUT2D eigenvalue weighted by Gasteiger charge is 1.67. The van der Waals surface area contributed by atoms with Crippen molar-refractivity contribution < 1.29 is 4.43 Å². The first kappa shape index (κ1) is 5.66. The Morgan fingerprint density at radius 1 is 2.00 bits per heavy atom. The molecule has 3 heteroatoms. The molecule has 0 unspecified atom stereocenters. The highest BCUT2D eigenvalue weighted by atomic mass is 79.9. The maximum atomic E-state index is 4.89. The molecular weight excluding hydrogens is 148 g/mol. The third-order valence-electron chi connectivity index (χ3n) is 0.281. The molecule has 0 saturated heterocycles. The van der Waals surface area contributed by atoms with E-state index in [-0.39, 0.29) is 8.38 Å². The second-order valence-corrected chi connectivity index (χ2v) is 2.60. The van der Waals surface area contributed by atoms with E-state index in [1.54, 1.807) is 0 Å². The van der Waals surface area contributed by atoms with E-state index in [2.05, 4.69) is 15.3 Å².